The molecule has 22 rings (SSSR count). The molecular formula is C97H60F2IrN8O2+. The molecule has 110 heavy (non-hydrogen) atoms. The van der Waals surface area contributed by atoms with Crippen LogP contribution < -0.4 is 0 Å². The van der Waals surface area contributed by atoms with Gasteiger partial charge in [-0.2, -0.15) is 0 Å². The Hall–Kier alpha value is -13.7. The topological polar surface area (TPSA) is 105 Å². The number of carbonyl (C=O) groups is 2. The molecule has 22 aromatic rings. The second-order valence-electron chi connectivity index (χ2n) is 27.7. The molecule has 0 amide bonds. The minimum atomic E-state index is -0.282. The first kappa shape index (κ1) is 66.9. The van der Waals surface area contributed by atoms with Crippen molar-refractivity contribution < 1.29 is 38.5 Å². The summed E-state index contributed by atoms with van der Waals surface area (Å²) in [7, 11) is 0. The summed E-state index contributed by atoms with van der Waals surface area (Å²) in [5.41, 5.74) is 19.5. The van der Waals surface area contributed by atoms with Gasteiger partial charge in [0.2, 0.25) is 0 Å². The third kappa shape index (κ3) is 11.1. The molecule has 522 valence electrons. The fraction of sp³-hybridized carbons (Fsp3) is 0.0309. The van der Waals surface area contributed by atoms with Crippen LogP contribution in [0.25, 0.3) is 198 Å². The van der Waals surface area contributed by atoms with E-state index in [1.54, 1.807) is 36.7 Å². The number of para-hydroxylation sites is 8. The van der Waals surface area contributed by atoms with Crippen molar-refractivity contribution in [3.8, 4) is 45.3 Å². The smallest absolute Gasteiger partial charge is 0.351 e. The van der Waals surface area contributed by atoms with Crippen molar-refractivity contribution in [3.05, 3.63) is 339 Å². The average Bonchev–Trinajstić information content (AvgIpc) is 1.11. The van der Waals surface area contributed by atoms with E-state index in [1.807, 2.05) is 0 Å². The van der Waals surface area contributed by atoms with Gasteiger partial charge in [-0.15, -0.1) is 47.2 Å². The van der Waals surface area contributed by atoms with E-state index in [4.69, 9.17) is 19.9 Å². The SMILES string of the molecule is CC(=O)CC(C)=O.Fc1ccc(-c2cnc3c4[c-]cc(-n5c6ccccc6c6ccccc65)cc4c4cc(-n5c6ccccc6c6ccccc65)ccc4c3n2)cc1.Fc1ccc(-c2cnc3c4[c-]cc(-n5c6ccccc6c6ccccc65)cc4c4cc(-n5c6ccccc6c6ccccc65)ccc4c3n2)cc1.[Ir+3]. The molecule has 6 aromatic heterocycles. The van der Waals surface area contributed by atoms with Crippen molar-refractivity contribution in [2.75, 3.05) is 0 Å². The number of hydrogen-bond acceptors (Lipinski definition) is 6. The molecule has 16 aromatic carbocycles. The van der Waals surface area contributed by atoms with Crippen molar-refractivity contribution in [2.24, 2.45) is 0 Å². The number of benzene rings is 16. The van der Waals surface area contributed by atoms with Crippen LogP contribution in [0.3, 0.4) is 0 Å². The van der Waals surface area contributed by atoms with Crippen molar-refractivity contribution in [3.63, 3.8) is 0 Å². The third-order valence-electron chi connectivity index (χ3n) is 21.1. The number of rotatable bonds is 8. The summed E-state index contributed by atoms with van der Waals surface area (Å²) < 4.78 is 37.1. The van der Waals surface area contributed by atoms with Gasteiger partial charge in [0.1, 0.15) is 23.2 Å². The van der Waals surface area contributed by atoms with Crippen LogP contribution in [0.5, 0.6) is 0 Å². The van der Waals surface area contributed by atoms with Crippen LogP contribution in [0.1, 0.15) is 20.3 Å². The van der Waals surface area contributed by atoms with Crippen LogP contribution in [0.2, 0.25) is 0 Å². The maximum Gasteiger partial charge on any atom is 3.00 e. The second kappa shape index (κ2) is 27.0. The molecule has 13 heteroatoms. The van der Waals surface area contributed by atoms with Crippen LogP contribution in [0.15, 0.2) is 316 Å². The Kier molecular flexibility index (Phi) is 16.4. The zero-order chi connectivity index (χ0) is 73.1. The van der Waals surface area contributed by atoms with Gasteiger partial charge in [-0.3, -0.25) is 19.6 Å². The van der Waals surface area contributed by atoms with Crippen molar-refractivity contribution in [1.29, 1.82) is 0 Å². The van der Waals surface area contributed by atoms with Crippen LogP contribution in [-0.4, -0.2) is 49.8 Å². The molecule has 0 unspecified atom stereocenters. The zero-order valence-electron chi connectivity index (χ0n) is 59.2. The first-order chi connectivity index (χ1) is 53.5. The second-order valence-corrected chi connectivity index (χ2v) is 27.7. The fourth-order valence-corrected chi connectivity index (χ4v) is 16.4. The summed E-state index contributed by atoms with van der Waals surface area (Å²) in [6.07, 6.45) is 3.64. The predicted octanol–water partition coefficient (Wildman–Crippen LogP) is 24.0. The van der Waals surface area contributed by atoms with E-state index >= 15 is 0 Å². The Labute approximate surface area is 641 Å². The summed E-state index contributed by atoms with van der Waals surface area (Å²) in [6.45, 7) is 2.81. The van der Waals surface area contributed by atoms with Gasteiger partial charge in [-0.05, 0) is 168 Å². The number of aromatic nitrogens is 8. The quantitative estimate of drug-likeness (QED) is 0.0852. The number of nitrogens with zero attached hydrogens (tertiary/aromatic N) is 8. The molecule has 6 heterocycles. The van der Waals surface area contributed by atoms with Gasteiger partial charge in [0, 0.05) is 111 Å². The Bertz CT molecular complexity index is 6910. The Morgan fingerprint density at radius 2 is 0.564 bits per heavy atom. The number of fused-ring (bicyclic) bond motifs is 24. The summed E-state index contributed by atoms with van der Waals surface area (Å²) in [4.78, 5) is 40.4. The molecular weight excluding hydrogens is 1540 g/mol. The van der Waals surface area contributed by atoms with Crippen LogP contribution in [0.4, 0.5) is 8.78 Å². The van der Waals surface area contributed by atoms with Gasteiger partial charge in [0.15, 0.2) is 0 Å². The Morgan fingerprint density at radius 3 is 0.836 bits per heavy atom. The van der Waals surface area contributed by atoms with Crippen molar-refractivity contribution in [2.45, 2.75) is 20.3 Å². The number of Topliss-reactive ketones (excluding diaryl/α,β-unsaturated/α-hetero) is 2. The van der Waals surface area contributed by atoms with E-state index in [0.29, 0.717) is 11.4 Å². The van der Waals surface area contributed by atoms with Gasteiger partial charge >= 0.3 is 20.1 Å². The maximum atomic E-state index is 13.9. The minimum Gasteiger partial charge on any atom is -0.351 e. The number of ketones is 2. The number of hydrogen-bond donors (Lipinski definition) is 0. The molecule has 0 aliphatic carbocycles. The largest absolute Gasteiger partial charge is 3.00 e. The summed E-state index contributed by atoms with van der Waals surface area (Å²) in [5.74, 6) is -0.689. The van der Waals surface area contributed by atoms with E-state index in [9.17, 15) is 18.4 Å². The van der Waals surface area contributed by atoms with Crippen molar-refractivity contribution in [1.82, 2.24) is 38.2 Å². The third-order valence-corrected chi connectivity index (χ3v) is 21.1. The molecule has 0 radical (unpaired) electrons. The van der Waals surface area contributed by atoms with E-state index in [1.165, 1.54) is 81.2 Å². The van der Waals surface area contributed by atoms with Gasteiger partial charge in [-0.1, -0.05) is 168 Å². The van der Waals surface area contributed by atoms with Crippen LogP contribution in [0, 0.1) is 23.8 Å². The van der Waals surface area contributed by atoms with E-state index in [2.05, 4.69) is 285 Å². The van der Waals surface area contributed by atoms with Crippen LogP contribution in [-0.2, 0) is 29.7 Å². The minimum absolute atomic E-state index is 0. The average molecular weight is 1600 g/mol. The Balaban J connectivity index is 0.000000136. The summed E-state index contributed by atoms with van der Waals surface area (Å²) in [5, 5.41) is 17.7. The summed E-state index contributed by atoms with van der Waals surface area (Å²) >= 11 is 0. The molecule has 0 aliphatic rings. The van der Waals surface area contributed by atoms with Gasteiger partial charge < -0.3 is 28.2 Å². The molecule has 0 spiro atoms. The molecule has 0 saturated heterocycles. The maximum absolute atomic E-state index is 13.9. The molecule has 0 bridgehead atoms. The monoisotopic (exact) mass is 1600 g/mol. The molecule has 0 N–H and O–H groups in total. The molecule has 0 aliphatic heterocycles. The molecule has 0 fully saturated rings. The number of halogens is 2. The predicted molar refractivity (Wildman–Crippen MR) is 441 cm³/mol. The zero-order valence-corrected chi connectivity index (χ0v) is 61.6. The normalized spacial score (nSPS) is 11.7. The number of carbonyl (C=O) groups excluding carboxylic acids is 2. The first-order valence-corrected chi connectivity index (χ1v) is 36.2. The van der Waals surface area contributed by atoms with E-state index < -0.39 is 0 Å². The molecule has 10 nitrogen and oxygen atoms in total. The summed E-state index contributed by atoms with van der Waals surface area (Å²) in [6, 6.07) is 111. The first-order valence-electron chi connectivity index (χ1n) is 36.2. The Morgan fingerprint density at radius 1 is 0.300 bits per heavy atom. The van der Waals surface area contributed by atoms with E-state index in [0.717, 1.165) is 143 Å². The standard InChI is InChI=1S/2C46H26FN4.C5H8O2.Ir/c2*47-29-19-17-28(18-20-29)40-27-48-45-36-23-21-30(50-41-13-5-1-9-32(41)33-10-2-6-14-42(33)50)25-38(36)39-26-31(22-24-37(39)46(45)49-40)51-43-15-7-3-11-34(43)35-12-4-8-16-44(35)51;1-4(6)3-5(2)7;/h2*1-22,24-27H;3H2,1-2H3;/q2*-1;;+3. The van der Waals surface area contributed by atoms with Gasteiger partial charge in [-0.25, -0.2) is 8.78 Å². The van der Waals surface area contributed by atoms with E-state index in [-0.39, 0.29) is 49.7 Å². The molecule has 0 saturated carbocycles. The fourth-order valence-electron chi connectivity index (χ4n) is 16.4. The molecule has 0 atom stereocenters. The van der Waals surface area contributed by atoms with Crippen molar-refractivity contribution >= 4 is 164 Å². The van der Waals surface area contributed by atoms with Crippen LogP contribution >= 0.6 is 0 Å². The van der Waals surface area contributed by atoms with Gasteiger partial charge in [0.25, 0.3) is 0 Å². The van der Waals surface area contributed by atoms with Gasteiger partial charge in [0.05, 0.1) is 50.9 Å².